The monoisotopic (exact) mass is 287 g/mol. The molecular weight excluding hydrogens is 268 g/mol. The third-order valence-electron chi connectivity index (χ3n) is 4.40. The van der Waals surface area contributed by atoms with E-state index in [1.54, 1.807) is 7.05 Å². The van der Waals surface area contributed by atoms with Crippen LogP contribution in [0.1, 0.15) is 47.9 Å². The van der Waals surface area contributed by atoms with Crippen molar-refractivity contribution in [3.05, 3.63) is 70.8 Å². The van der Waals surface area contributed by atoms with Gasteiger partial charge in [0.15, 0.2) is 0 Å². The Morgan fingerprint density at radius 2 is 1.71 bits per heavy atom. The summed E-state index contributed by atoms with van der Waals surface area (Å²) >= 11 is 0. The fourth-order valence-electron chi connectivity index (χ4n) is 3.00. The van der Waals surface area contributed by atoms with E-state index in [0.29, 0.717) is 5.92 Å². The Labute approximate surface area is 124 Å². The molecule has 21 heavy (non-hydrogen) atoms. The predicted molar refractivity (Wildman–Crippen MR) is 80.3 cm³/mol. The summed E-state index contributed by atoms with van der Waals surface area (Å²) in [6.45, 7) is 0. The second-order valence-corrected chi connectivity index (χ2v) is 5.65. The van der Waals surface area contributed by atoms with Gasteiger partial charge in [0.05, 0.1) is 6.04 Å². The van der Waals surface area contributed by atoms with Crippen molar-refractivity contribution >= 4 is 0 Å². The minimum Gasteiger partial charge on any atom is -0.309 e. The van der Waals surface area contributed by atoms with Crippen molar-refractivity contribution in [3.8, 4) is 0 Å². The highest BCUT2D eigenvalue weighted by molar-refractivity contribution is 5.37. The molecule has 2 aromatic rings. The van der Waals surface area contributed by atoms with Crippen molar-refractivity contribution in [1.29, 1.82) is 0 Å². The molecule has 0 aliphatic heterocycles. The first kappa shape index (κ1) is 14.2. The van der Waals surface area contributed by atoms with E-state index >= 15 is 0 Å². The summed E-state index contributed by atoms with van der Waals surface area (Å²) in [6, 6.07) is 11.6. The maximum Gasteiger partial charge on any atom is 0.131 e. The lowest BCUT2D eigenvalue weighted by Gasteiger charge is -2.27. The molecule has 0 spiro atoms. The summed E-state index contributed by atoms with van der Waals surface area (Å²) in [4.78, 5) is 0. The Morgan fingerprint density at radius 1 is 1.05 bits per heavy atom. The van der Waals surface area contributed by atoms with Crippen LogP contribution >= 0.6 is 0 Å². The van der Waals surface area contributed by atoms with Gasteiger partial charge in [0, 0.05) is 5.56 Å². The maximum atomic E-state index is 14.0. The summed E-state index contributed by atoms with van der Waals surface area (Å²) in [5.41, 5.74) is 2.27. The van der Waals surface area contributed by atoms with E-state index in [4.69, 9.17) is 0 Å². The zero-order valence-corrected chi connectivity index (χ0v) is 12.1. The van der Waals surface area contributed by atoms with E-state index in [1.165, 1.54) is 43.0 Å². The Kier molecular flexibility index (Phi) is 4.02. The minimum atomic E-state index is -0.511. The first-order chi connectivity index (χ1) is 10.2. The molecule has 3 heteroatoms. The summed E-state index contributed by atoms with van der Waals surface area (Å²) in [7, 11) is 1.73. The Morgan fingerprint density at radius 3 is 2.29 bits per heavy atom. The first-order valence-corrected chi connectivity index (χ1v) is 7.41. The van der Waals surface area contributed by atoms with Crippen LogP contribution in [0.5, 0.6) is 0 Å². The second kappa shape index (κ2) is 5.94. The molecule has 1 aliphatic carbocycles. The Balaban J connectivity index is 2.00. The molecule has 1 unspecified atom stereocenters. The van der Waals surface area contributed by atoms with E-state index in [9.17, 15) is 8.78 Å². The molecule has 0 saturated heterocycles. The molecule has 0 heterocycles. The molecule has 0 bridgehead atoms. The molecule has 110 valence electrons. The van der Waals surface area contributed by atoms with Crippen molar-refractivity contribution in [2.45, 2.75) is 31.2 Å². The molecule has 1 saturated carbocycles. The number of hydrogen-bond donors (Lipinski definition) is 1. The van der Waals surface area contributed by atoms with Gasteiger partial charge in [0.1, 0.15) is 11.6 Å². The fraction of sp³-hybridized carbons (Fsp3) is 0.333. The van der Waals surface area contributed by atoms with Crippen LogP contribution in [0.15, 0.2) is 42.5 Å². The number of hydrogen-bond acceptors (Lipinski definition) is 1. The van der Waals surface area contributed by atoms with Crippen LogP contribution in [0, 0.1) is 11.6 Å². The molecule has 1 atom stereocenters. The number of nitrogens with one attached hydrogen (secondary N) is 1. The first-order valence-electron chi connectivity index (χ1n) is 7.41. The largest absolute Gasteiger partial charge is 0.309 e. The van der Waals surface area contributed by atoms with Crippen molar-refractivity contribution in [3.63, 3.8) is 0 Å². The van der Waals surface area contributed by atoms with Gasteiger partial charge in [0.2, 0.25) is 0 Å². The average Bonchev–Trinajstić information content (AvgIpc) is 2.41. The average molecular weight is 287 g/mol. The maximum absolute atomic E-state index is 14.0. The van der Waals surface area contributed by atoms with Crippen LogP contribution in [0.2, 0.25) is 0 Å². The summed E-state index contributed by atoms with van der Waals surface area (Å²) < 4.78 is 28.1. The van der Waals surface area contributed by atoms with Crippen LogP contribution in [-0.2, 0) is 0 Å². The number of benzene rings is 2. The Bertz CT molecular complexity index is 615. The van der Waals surface area contributed by atoms with Crippen molar-refractivity contribution in [2.75, 3.05) is 7.05 Å². The van der Waals surface area contributed by atoms with Gasteiger partial charge in [-0.2, -0.15) is 0 Å². The standard InChI is InChI=1S/C18H19F2N/c1-21-18(17-15(19)9-4-10-16(17)20)14-8-3-7-13(11-14)12-5-2-6-12/h3-4,7-12,18,21H,2,5-6H2,1H3. The lowest BCUT2D eigenvalue weighted by Crippen LogP contribution is -2.21. The molecule has 1 N–H and O–H groups in total. The third kappa shape index (κ3) is 2.70. The molecule has 1 fully saturated rings. The topological polar surface area (TPSA) is 12.0 Å². The Hall–Kier alpha value is -1.74. The highest BCUT2D eigenvalue weighted by Crippen LogP contribution is 2.37. The zero-order chi connectivity index (χ0) is 14.8. The van der Waals surface area contributed by atoms with Gasteiger partial charge < -0.3 is 5.32 Å². The van der Waals surface area contributed by atoms with Gasteiger partial charge in [0.25, 0.3) is 0 Å². The van der Waals surface area contributed by atoms with Gasteiger partial charge in [-0.15, -0.1) is 0 Å². The summed E-state index contributed by atoms with van der Waals surface area (Å²) in [6.07, 6.45) is 3.69. The predicted octanol–water partition coefficient (Wildman–Crippen LogP) is 4.54. The highest BCUT2D eigenvalue weighted by atomic mass is 19.1. The van der Waals surface area contributed by atoms with E-state index < -0.39 is 17.7 Å². The smallest absolute Gasteiger partial charge is 0.131 e. The zero-order valence-electron chi connectivity index (χ0n) is 12.1. The SMILES string of the molecule is CNC(c1cccc(C2CCC2)c1)c1c(F)cccc1F. The molecule has 0 radical (unpaired) electrons. The molecule has 1 aliphatic rings. The van der Waals surface area contributed by atoms with Gasteiger partial charge in [-0.25, -0.2) is 8.78 Å². The van der Waals surface area contributed by atoms with Gasteiger partial charge in [-0.05, 0) is 49.1 Å². The van der Waals surface area contributed by atoms with Crippen molar-refractivity contribution in [2.24, 2.45) is 0 Å². The lowest BCUT2D eigenvalue weighted by atomic mass is 9.79. The molecule has 0 amide bonds. The van der Waals surface area contributed by atoms with Crippen molar-refractivity contribution in [1.82, 2.24) is 5.32 Å². The van der Waals surface area contributed by atoms with E-state index in [2.05, 4.69) is 17.4 Å². The van der Waals surface area contributed by atoms with Crippen LogP contribution in [0.3, 0.4) is 0 Å². The van der Waals surface area contributed by atoms with Crippen LogP contribution in [-0.4, -0.2) is 7.05 Å². The van der Waals surface area contributed by atoms with Crippen LogP contribution in [0.25, 0.3) is 0 Å². The molecule has 2 aromatic carbocycles. The fourth-order valence-corrected chi connectivity index (χ4v) is 3.00. The molecular formula is C18H19F2N. The minimum absolute atomic E-state index is 0.0887. The van der Waals surface area contributed by atoms with E-state index in [0.717, 1.165) is 5.56 Å². The summed E-state index contributed by atoms with van der Waals surface area (Å²) in [5, 5.41) is 3.04. The van der Waals surface area contributed by atoms with Crippen LogP contribution < -0.4 is 5.32 Å². The molecule has 1 nitrogen and oxygen atoms in total. The lowest BCUT2D eigenvalue weighted by molar-refractivity contribution is 0.419. The van der Waals surface area contributed by atoms with E-state index in [1.807, 2.05) is 12.1 Å². The van der Waals surface area contributed by atoms with Gasteiger partial charge >= 0.3 is 0 Å². The molecule has 0 aromatic heterocycles. The van der Waals surface area contributed by atoms with Gasteiger partial charge in [-0.3, -0.25) is 0 Å². The van der Waals surface area contributed by atoms with Crippen LogP contribution in [0.4, 0.5) is 8.78 Å². The summed E-state index contributed by atoms with van der Waals surface area (Å²) in [5.74, 6) is -0.417. The molecule has 3 rings (SSSR count). The van der Waals surface area contributed by atoms with E-state index in [-0.39, 0.29) is 5.56 Å². The quantitative estimate of drug-likeness (QED) is 0.870. The normalized spacial score (nSPS) is 16.5. The second-order valence-electron chi connectivity index (χ2n) is 5.65. The number of halogens is 2. The van der Waals surface area contributed by atoms with Crippen molar-refractivity contribution < 1.29 is 8.78 Å². The van der Waals surface area contributed by atoms with Gasteiger partial charge in [-0.1, -0.05) is 36.8 Å². The number of rotatable bonds is 4. The highest BCUT2D eigenvalue weighted by Gasteiger charge is 2.23. The third-order valence-corrected chi connectivity index (χ3v) is 4.40.